The summed E-state index contributed by atoms with van der Waals surface area (Å²) in [5.74, 6) is -0.932. The van der Waals surface area contributed by atoms with Crippen molar-refractivity contribution in [2.24, 2.45) is 5.73 Å². The SMILES string of the molecule is N#Cc1cc(F)ccc1Nc1cc(C(N)=O)c(N)cn1. The van der Waals surface area contributed by atoms with Crippen LogP contribution in [0, 0.1) is 17.1 Å². The van der Waals surface area contributed by atoms with Crippen molar-refractivity contribution in [3.63, 3.8) is 0 Å². The summed E-state index contributed by atoms with van der Waals surface area (Å²) in [6.07, 6.45) is 1.28. The molecule has 0 bridgehead atoms. The fourth-order valence-corrected chi connectivity index (χ4v) is 1.60. The number of primary amides is 1. The third kappa shape index (κ3) is 2.64. The second-order valence-corrected chi connectivity index (χ2v) is 3.95. The van der Waals surface area contributed by atoms with Crippen LogP contribution in [0.15, 0.2) is 30.5 Å². The number of carbonyl (C=O) groups is 1. The van der Waals surface area contributed by atoms with Crippen molar-refractivity contribution in [3.8, 4) is 6.07 Å². The maximum absolute atomic E-state index is 13.0. The first-order valence-corrected chi connectivity index (χ1v) is 5.53. The number of rotatable bonds is 3. The largest absolute Gasteiger partial charge is 0.397 e. The Kier molecular flexibility index (Phi) is 3.48. The fourth-order valence-electron chi connectivity index (χ4n) is 1.60. The molecule has 5 N–H and O–H groups in total. The molecule has 0 radical (unpaired) electrons. The lowest BCUT2D eigenvalue weighted by Gasteiger charge is -2.09. The minimum absolute atomic E-state index is 0.114. The van der Waals surface area contributed by atoms with Crippen molar-refractivity contribution in [1.82, 2.24) is 4.98 Å². The van der Waals surface area contributed by atoms with E-state index in [0.29, 0.717) is 5.69 Å². The highest BCUT2D eigenvalue weighted by Gasteiger charge is 2.10. The van der Waals surface area contributed by atoms with Gasteiger partial charge in [-0.1, -0.05) is 0 Å². The van der Waals surface area contributed by atoms with Crippen molar-refractivity contribution >= 4 is 23.1 Å². The van der Waals surface area contributed by atoms with Crippen LogP contribution in [-0.4, -0.2) is 10.9 Å². The molecule has 0 fully saturated rings. The summed E-state index contributed by atoms with van der Waals surface area (Å²) in [7, 11) is 0. The number of nitrogens with zero attached hydrogens (tertiary/aromatic N) is 2. The molecule has 2 rings (SSSR count). The highest BCUT2D eigenvalue weighted by Crippen LogP contribution is 2.22. The Balaban J connectivity index is 2.38. The molecule has 20 heavy (non-hydrogen) atoms. The molecule has 0 saturated heterocycles. The fraction of sp³-hybridized carbons (Fsp3) is 0. The number of nitriles is 1. The molecule has 1 amide bonds. The van der Waals surface area contributed by atoms with Gasteiger partial charge in [-0.05, 0) is 24.3 Å². The van der Waals surface area contributed by atoms with Gasteiger partial charge >= 0.3 is 0 Å². The van der Waals surface area contributed by atoms with Crippen molar-refractivity contribution in [1.29, 1.82) is 5.26 Å². The van der Waals surface area contributed by atoms with Gasteiger partial charge in [0.05, 0.1) is 28.7 Å². The minimum atomic E-state index is -0.687. The molecule has 6 nitrogen and oxygen atoms in total. The Morgan fingerprint density at radius 3 is 2.80 bits per heavy atom. The number of amides is 1. The number of hydrogen-bond donors (Lipinski definition) is 3. The van der Waals surface area contributed by atoms with Gasteiger partial charge in [0.1, 0.15) is 17.7 Å². The number of benzene rings is 1. The van der Waals surface area contributed by atoms with Crippen LogP contribution >= 0.6 is 0 Å². The van der Waals surface area contributed by atoms with Crippen molar-refractivity contribution in [2.75, 3.05) is 11.1 Å². The number of aromatic nitrogens is 1. The summed E-state index contributed by atoms with van der Waals surface area (Å²) < 4.78 is 13.0. The van der Waals surface area contributed by atoms with Crippen LogP contribution in [0.2, 0.25) is 0 Å². The number of halogens is 1. The van der Waals surface area contributed by atoms with Crippen LogP contribution in [0.1, 0.15) is 15.9 Å². The summed E-state index contributed by atoms with van der Waals surface area (Å²) in [4.78, 5) is 15.1. The van der Waals surface area contributed by atoms with Gasteiger partial charge in [-0.25, -0.2) is 9.37 Å². The maximum Gasteiger partial charge on any atom is 0.250 e. The molecule has 0 saturated carbocycles. The smallest absolute Gasteiger partial charge is 0.250 e. The Hall–Kier alpha value is -3.14. The van der Waals surface area contributed by atoms with E-state index in [9.17, 15) is 9.18 Å². The molecular weight excluding hydrogens is 261 g/mol. The van der Waals surface area contributed by atoms with Crippen LogP contribution in [0.3, 0.4) is 0 Å². The first-order valence-electron chi connectivity index (χ1n) is 5.53. The van der Waals surface area contributed by atoms with Gasteiger partial charge in [-0.2, -0.15) is 5.26 Å². The van der Waals surface area contributed by atoms with Gasteiger partial charge in [0.15, 0.2) is 0 Å². The quantitative estimate of drug-likeness (QED) is 0.782. The number of nitrogens with two attached hydrogens (primary N) is 2. The van der Waals surface area contributed by atoms with E-state index in [2.05, 4.69) is 10.3 Å². The number of hydrogen-bond acceptors (Lipinski definition) is 5. The van der Waals surface area contributed by atoms with E-state index in [4.69, 9.17) is 16.7 Å². The lowest BCUT2D eigenvalue weighted by molar-refractivity contribution is 0.100. The van der Waals surface area contributed by atoms with Crippen LogP contribution in [0.25, 0.3) is 0 Å². The molecule has 0 atom stereocenters. The zero-order chi connectivity index (χ0) is 14.7. The third-order valence-electron chi connectivity index (χ3n) is 2.57. The van der Waals surface area contributed by atoms with E-state index in [1.54, 1.807) is 0 Å². The van der Waals surface area contributed by atoms with Crippen molar-refractivity contribution in [2.45, 2.75) is 0 Å². The zero-order valence-corrected chi connectivity index (χ0v) is 10.2. The Labute approximate surface area is 113 Å². The predicted molar refractivity (Wildman–Crippen MR) is 71.6 cm³/mol. The molecular formula is C13H10FN5O. The predicted octanol–water partition coefficient (Wildman–Crippen LogP) is 1.52. The van der Waals surface area contributed by atoms with Gasteiger partial charge in [0.2, 0.25) is 0 Å². The second-order valence-electron chi connectivity index (χ2n) is 3.95. The Morgan fingerprint density at radius 1 is 1.40 bits per heavy atom. The zero-order valence-electron chi connectivity index (χ0n) is 10.2. The van der Waals surface area contributed by atoms with Crippen LogP contribution in [0.5, 0.6) is 0 Å². The molecule has 0 unspecified atom stereocenters. The standard InChI is InChI=1S/C13H10FN5O/c14-8-1-2-11(7(3-8)5-15)19-12-4-9(13(17)20)10(16)6-18-12/h1-4,6H,16H2,(H2,17,20)(H,18,19). The van der Waals surface area contributed by atoms with Crippen LogP contribution in [0.4, 0.5) is 21.6 Å². The molecule has 1 aromatic heterocycles. The molecule has 0 aliphatic carbocycles. The number of pyridine rings is 1. The summed E-state index contributed by atoms with van der Waals surface area (Å²) >= 11 is 0. The molecule has 0 aliphatic heterocycles. The minimum Gasteiger partial charge on any atom is -0.397 e. The summed E-state index contributed by atoms with van der Waals surface area (Å²) in [6, 6.07) is 6.92. The highest BCUT2D eigenvalue weighted by atomic mass is 19.1. The van der Waals surface area contributed by atoms with Crippen molar-refractivity contribution in [3.05, 3.63) is 47.4 Å². The number of nitrogen functional groups attached to an aromatic ring is 1. The molecule has 7 heteroatoms. The lowest BCUT2D eigenvalue weighted by atomic mass is 10.1. The van der Waals surface area contributed by atoms with Crippen molar-refractivity contribution < 1.29 is 9.18 Å². The highest BCUT2D eigenvalue weighted by molar-refractivity contribution is 5.98. The molecule has 100 valence electrons. The first kappa shape index (κ1) is 13.3. The number of carbonyl (C=O) groups excluding carboxylic acids is 1. The van der Waals surface area contributed by atoms with Gasteiger partial charge in [0.25, 0.3) is 5.91 Å². The van der Waals surface area contributed by atoms with E-state index < -0.39 is 11.7 Å². The monoisotopic (exact) mass is 271 g/mol. The van der Waals surface area contributed by atoms with E-state index in [1.807, 2.05) is 6.07 Å². The van der Waals surface area contributed by atoms with E-state index in [1.165, 1.54) is 24.4 Å². The van der Waals surface area contributed by atoms with Crippen LogP contribution in [-0.2, 0) is 0 Å². The first-order chi connectivity index (χ1) is 9.51. The molecule has 0 spiro atoms. The van der Waals surface area contributed by atoms with Gasteiger partial charge in [-0.3, -0.25) is 4.79 Å². The molecule has 1 aromatic carbocycles. The van der Waals surface area contributed by atoms with E-state index >= 15 is 0 Å². The average Bonchev–Trinajstić information content (AvgIpc) is 2.42. The van der Waals surface area contributed by atoms with E-state index in [-0.39, 0.29) is 22.6 Å². The number of nitrogens with one attached hydrogen (secondary N) is 1. The normalized spacial score (nSPS) is 9.80. The molecule has 2 aromatic rings. The van der Waals surface area contributed by atoms with Crippen LogP contribution < -0.4 is 16.8 Å². The Bertz CT molecular complexity index is 723. The topological polar surface area (TPSA) is 118 Å². The Morgan fingerprint density at radius 2 is 2.15 bits per heavy atom. The van der Waals surface area contributed by atoms with Gasteiger partial charge in [0, 0.05) is 0 Å². The summed E-state index contributed by atoms with van der Waals surface area (Å²) in [5.41, 5.74) is 11.5. The number of anilines is 3. The second kappa shape index (κ2) is 5.24. The average molecular weight is 271 g/mol. The van der Waals surface area contributed by atoms with E-state index in [0.717, 1.165) is 6.07 Å². The third-order valence-corrected chi connectivity index (χ3v) is 2.57. The summed E-state index contributed by atoms with van der Waals surface area (Å²) in [6.45, 7) is 0. The lowest BCUT2D eigenvalue weighted by Crippen LogP contribution is -2.14. The molecule has 0 aliphatic rings. The molecule has 1 heterocycles. The van der Waals surface area contributed by atoms with Gasteiger partial charge < -0.3 is 16.8 Å². The van der Waals surface area contributed by atoms with Gasteiger partial charge in [-0.15, -0.1) is 0 Å². The summed E-state index contributed by atoms with van der Waals surface area (Å²) in [5, 5.41) is 11.7. The maximum atomic E-state index is 13.0.